The molecule has 0 aliphatic rings. The van der Waals surface area contributed by atoms with Crippen molar-refractivity contribution < 1.29 is 4.92 Å². The molecule has 0 aliphatic heterocycles. The Morgan fingerprint density at radius 1 is 1.22 bits per heavy atom. The third-order valence-electron chi connectivity index (χ3n) is 3.81. The van der Waals surface area contributed by atoms with Crippen molar-refractivity contribution in [1.82, 2.24) is 9.88 Å². The number of pyridine rings is 1. The van der Waals surface area contributed by atoms with Crippen LogP contribution in [0.15, 0.2) is 42.6 Å². The second kappa shape index (κ2) is 7.19. The van der Waals surface area contributed by atoms with Gasteiger partial charge in [0.15, 0.2) is 0 Å². The van der Waals surface area contributed by atoms with E-state index in [1.54, 1.807) is 19.2 Å². The van der Waals surface area contributed by atoms with E-state index >= 15 is 0 Å². The van der Waals surface area contributed by atoms with Gasteiger partial charge in [-0.05, 0) is 45.6 Å². The molecule has 0 saturated carbocycles. The van der Waals surface area contributed by atoms with E-state index in [0.29, 0.717) is 11.4 Å². The van der Waals surface area contributed by atoms with Crippen LogP contribution in [-0.2, 0) is 0 Å². The van der Waals surface area contributed by atoms with Crippen molar-refractivity contribution in [3.8, 4) is 0 Å². The number of rotatable bonds is 6. The van der Waals surface area contributed by atoms with Crippen LogP contribution in [0.2, 0.25) is 0 Å². The number of aryl methyl sites for hydroxylation is 1. The molecule has 0 spiro atoms. The minimum absolute atomic E-state index is 0.0367. The van der Waals surface area contributed by atoms with E-state index in [2.05, 4.69) is 11.9 Å². The molecule has 1 unspecified atom stereocenters. The molecule has 2 aromatic rings. The molecular formula is C17H22N4O2. The molecule has 6 heteroatoms. The molecule has 1 aromatic carbocycles. The predicted molar refractivity (Wildman–Crippen MR) is 92.0 cm³/mol. The third-order valence-corrected chi connectivity index (χ3v) is 3.81. The van der Waals surface area contributed by atoms with E-state index < -0.39 is 0 Å². The molecule has 0 amide bonds. The lowest BCUT2D eigenvalue weighted by atomic mass is 10.1. The molecule has 6 nitrogen and oxygen atoms in total. The summed E-state index contributed by atoms with van der Waals surface area (Å²) in [7, 11) is 3.93. The zero-order valence-corrected chi connectivity index (χ0v) is 13.9. The quantitative estimate of drug-likeness (QED) is 0.462. The largest absolute Gasteiger partial charge is 0.314 e. The summed E-state index contributed by atoms with van der Waals surface area (Å²) in [5.74, 6) is 0.377. The number of anilines is 2. The first-order chi connectivity index (χ1) is 11.0. The van der Waals surface area contributed by atoms with E-state index in [0.717, 1.165) is 12.1 Å². The van der Waals surface area contributed by atoms with Crippen LogP contribution in [0.3, 0.4) is 0 Å². The SMILES string of the molecule is CCC(N(C)C)N(c1ccccc1)c1nccc(C)c1[N+](=O)[O-]. The van der Waals surface area contributed by atoms with Crippen LogP contribution in [-0.4, -0.2) is 35.1 Å². The molecule has 122 valence electrons. The van der Waals surface area contributed by atoms with Crippen molar-refractivity contribution in [2.75, 3.05) is 19.0 Å². The second-order valence-corrected chi connectivity index (χ2v) is 5.62. The summed E-state index contributed by atoms with van der Waals surface area (Å²) in [6, 6.07) is 11.3. The highest BCUT2D eigenvalue weighted by molar-refractivity contribution is 5.70. The molecule has 1 atom stereocenters. The molecule has 1 heterocycles. The highest BCUT2D eigenvalue weighted by Gasteiger charge is 2.30. The first kappa shape index (κ1) is 16.9. The molecular weight excluding hydrogens is 292 g/mol. The lowest BCUT2D eigenvalue weighted by Gasteiger charge is -2.36. The maximum Gasteiger partial charge on any atom is 0.314 e. The van der Waals surface area contributed by atoms with E-state index in [1.807, 2.05) is 54.2 Å². The Labute approximate surface area is 136 Å². The van der Waals surface area contributed by atoms with Crippen molar-refractivity contribution >= 4 is 17.2 Å². The lowest BCUT2D eigenvalue weighted by molar-refractivity contribution is -0.384. The number of para-hydroxylation sites is 1. The molecule has 0 aliphatic carbocycles. The molecule has 0 saturated heterocycles. The van der Waals surface area contributed by atoms with Crippen molar-refractivity contribution in [3.05, 3.63) is 58.3 Å². The van der Waals surface area contributed by atoms with Crippen LogP contribution in [0.5, 0.6) is 0 Å². The highest BCUT2D eigenvalue weighted by Crippen LogP contribution is 2.36. The van der Waals surface area contributed by atoms with Gasteiger partial charge in [-0.3, -0.25) is 15.0 Å². The molecule has 0 N–H and O–H groups in total. The molecule has 2 rings (SSSR count). The smallest absolute Gasteiger partial charge is 0.304 e. The molecule has 23 heavy (non-hydrogen) atoms. The summed E-state index contributed by atoms with van der Waals surface area (Å²) in [4.78, 5) is 19.6. The maximum absolute atomic E-state index is 11.6. The van der Waals surface area contributed by atoms with Gasteiger partial charge in [-0.2, -0.15) is 0 Å². The van der Waals surface area contributed by atoms with Gasteiger partial charge in [0, 0.05) is 17.4 Å². The van der Waals surface area contributed by atoms with Gasteiger partial charge in [0.05, 0.1) is 11.1 Å². The van der Waals surface area contributed by atoms with Crippen molar-refractivity contribution in [2.24, 2.45) is 0 Å². The zero-order chi connectivity index (χ0) is 17.0. The summed E-state index contributed by atoms with van der Waals surface area (Å²) in [5.41, 5.74) is 1.54. The van der Waals surface area contributed by atoms with E-state index in [-0.39, 0.29) is 16.8 Å². The lowest BCUT2D eigenvalue weighted by Crippen LogP contribution is -2.42. The zero-order valence-electron chi connectivity index (χ0n) is 13.9. The summed E-state index contributed by atoms with van der Waals surface area (Å²) in [6.07, 6.45) is 2.38. The average molecular weight is 314 g/mol. The summed E-state index contributed by atoms with van der Waals surface area (Å²) in [5, 5.41) is 11.6. The third kappa shape index (κ3) is 3.48. The van der Waals surface area contributed by atoms with Gasteiger partial charge in [0.25, 0.3) is 0 Å². The van der Waals surface area contributed by atoms with Crippen LogP contribution in [0.25, 0.3) is 0 Å². The topological polar surface area (TPSA) is 62.5 Å². The van der Waals surface area contributed by atoms with Crippen molar-refractivity contribution in [3.63, 3.8) is 0 Å². The van der Waals surface area contributed by atoms with Gasteiger partial charge in [0.1, 0.15) is 0 Å². The van der Waals surface area contributed by atoms with Gasteiger partial charge in [-0.25, -0.2) is 4.98 Å². The van der Waals surface area contributed by atoms with Gasteiger partial charge in [-0.1, -0.05) is 25.1 Å². The summed E-state index contributed by atoms with van der Waals surface area (Å²) in [6.45, 7) is 3.80. The number of hydrogen-bond donors (Lipinski definition) is 0. The van der Waals surface area contributed by atoms with Crippen molar-refractivity contribution in [1.29, 1.82) is 0 Å². The minimum atomic E-state index is -0.351. The Kier molecular flexibility index (Phi) is 5.28. The van der Waals surface area contributed by atoms with Crippen LogP contribution < -0.4 is 4.90 Å². The standard InChI is InChI=1S/C17H22N4O2/c1-5-15(19(3)4)20(14-9-7-6-8-10-14)17-16(21(22)23)13(2)11-12-18-17/h6-12,15H,5H2,1-4H3. The van der Waals surface area contributed by atoms with Crippen LogP contribution in [0, 0.1) is 17.0 Å². The second-order valence-electron chi connectivity index (χ2n) is 5.62. The maximum atomic E-state index is 11.6. The number of hydrogen-bond acceptors (Lipinski definition) is 5. The average Bonchev–Trinajstić information content (AvgIpc) is 2.52. The fourth-order valence-electron chi connectivity index (χ4n) is 2.74. The van der Waals surface area contributed by atoms with Crippen molar-refractivity contribution in [2.45, 2.75) is 26.4 Å². The van der Waals surface area contributed by atoms with Gasteiger partial charge >= 0.3 is 5.69 Å². The monoisotopic (exact) mass is 314 g/mol. The van der Waals surface area contributed by atoms with Crippen LogP contribution >= 0.6 is 0 Å². The number of nitrogens with zero attached hydrogens (tertiary/aromatic N) is 4. The fraction of sp³-hybridized carbons (Fsp3) is 0.353. The first-order valence-electron chi connectivity index (χ1n) is 7.58. The Morgan fingerprint density at radius 2 is 1.87 bits per heavy atom. The van der Waals surface area contributed by atoms with Gasteiger partial charge in [0.2, 0.25) is 5.82 Å². The predicted octanol–water partition coefficient (Wildman–Crippen LogP) is 3.73. The summed E-state index contributed by atoms with van der Waals surface area (Å²) >= 11 is 0. The fourth-order valence-corrected chi connectivity index (χ4v) is 2.74. The van der Waals surface area contributed by atoms with E-state index in [1.165, 1.54) is 0 Å². The Bertz CT molecular complexity index is 674. The first-order valence-corrected chi connectivity index (χ1v) is 7.58. The molecule has 0 bridgehead atoms. The highest BCUT2D eigenvalue weighted by atomic mass is 16.6. The number of aromatic nitrogens is 1. The minimum Gasteiger partial charge on any atom is -0.304 e. The Hall–Kier alpha value is -2.47. The van der Waals surface area contributed by atoms with Gasteiger partial charge < -0.3 is 4.90 Å². The number of nitro groups is 1. The molecule has 1 aromatic heterocycles. The Morgan fingerprint density at radius 3 is 2.39 bits per heavy atom. The van der Waals surface area contributed by atoms with E-state index in [9.17, 15) is 10.1 Å². The van der Waals surface area contributed by atoms with E-state index in [4.69, 9.17) is 0 Å². The summed E-state index contributed by atoms with van der Waals surface area (Å²) < 4.78 is 0. The van der Waals surface area contributed by atoms with Crippen LogP contribution in [0.1, 0.15) is 18.9 Å². The normalized spacial score (nSPS) is 12.2. The number of benzene rings is 1. The van der Waals surface area contributed by atoms with Gasteiger partial charge in [-0.15, -0.1) is 0 Å². The van der Waals surface area contributed by atoms with Crippen LogP contribution in [0.4, 0.5) is 17.2 Å². The Balaban J connectivity index is 2.68. The molecule has 0 fully saturated rings. The molecule has 0 radical (unpaired) electrons.